The van der Waals surface area contributed by atoms with Gasteiger partial charge in [0.05, 0.1) is 6.54 Å². The highest BCUT2D eigenvalue weighted by Gasteiger charge is 2.29. The highest BCUT2D eigenvalue weighted by molar-refractivity contribution is 5.86. The van der Waals surface area contributed by atoms with Crippen LogP contribution in [0.2, 0.25) is 0 Å². The van der Waals surface area contributed by atoms with Crippen molar-refractivity contribution in [2.45, 2.75) is 19.3 Å². The van der Waals surface area contributed by atoms with Gasteiger partial charge >= 0.3 is 0 Å². The summed E-state index contributed by atoms with van der Waals surface area (Å²) < 4.78 is 0. The van der Waals surface area contributed by atoms with Gasteiger partial charge in [0.1, 0.15) is 0 Å². The number of piperazine rings is 1. The normalized spacial score (nSPS) is 20.9. The van der Waals surface area contributed by atoms with Gasteiger partial charge in [-0.3, -0.25) is 9.59 Å². The van der Waals surface area contributed by atoms with Gasteiger partial charge in [-0.15, -0.1) is 0 Å². The third-order valence-electron chi connectivity index (χ3n) is 3.67. The quantitative estimate of drug-likeness (QED) is 0.734. The second-order valence-electron chi connectivity index (χ2n) is 4.95. The van der Waals surface area contributed by atoms with E-state index in [0.29, 0.717) is 0 Å². The van der Waals surface area contributed by atoms with Gasteiger partial charge in [0.15, 0.2) is 0 Å². The van der Waals surface area contributed by atoms with Crippen LogP contribution < -0.4 is 5.32 Å². The van der Waals surface area contributed by atoms with Crippen molar-refractivity contribution < 1.29 is 9.59 Å². The number of carbonyl (C=O) groups is 2. The maximum atomic E-state index is 11.9. The summed E-state index contributed by atoms with van der Waals surface area (Å²) >= 11 is 0. The van der Waals surface area contributed by atoms with E-state index in [1.54, 1.807) is 11.9 Å². The van der Waals surface area contributed by atoms with E-state index < -0.39 is 0 Å². The minimum atomic E-state index is 0.0710. The molecule has 0 bridgehead atoms. The second kappa shape index (κ2) is 5.49. The molecule has 5 heteroatoms. The Morgan fingerprint density at radius 2 is 1.94 bits per heavy atom. The zero-order valence-corrected chi connectivity index (χ0v) is 10.4. The minimum absolute atomic E-state index is 0.0710. The number of nitrogens with zero attached hydrogens (tertiary/aromatic N) is 2. The van der Waals surface area contributed by atoms with Gasteiger partial charge < -0.3 is 15.1 Å². The van der Waals surface area contributed by atoms with E-state index in [1.807, 2.05) is 4.90 Å². The van der Waals surface area contributed by atoms with Crippen LogP contribution in [0.15, 0.2) is 0 Å². The first-order chi connectivity index (χ1) is 8.18. The zero-order valence-electron chi connectivity index (χ0n) is 10.4. The molecule has 0 aromatic rings. The van der Waals surface area contributed by atoms with Crippen LogP contribution in [0.1, 0.15) is 19.3 Å². The second-order valence-corrected chi connectivity index (χ2v) is 4.95. The maximum Gasteiger partial charge on any atom is 0.242 e. The lowest BCUT2D eigenvalue weighted by atomic mass is 9.84. The SMILES string of the molecule is CN(CC(=O)N1CCNCC1)C(=O)C1CCC1. The summed E-state index contributed by atoms with van der Waals surface area (Å²) in [6.45, 7) is 3.45. The van der Waals surface area contributed by atoms with E-state index in [0.717, 1.165) is 45.4 Å². The van der Waals surface area contributed by atoms with Crippen LogP contribution >= 0.6 is 0 Å². The molecule has 0 atom stereocenters. The zero-order chi connectivity index (χ0) is 12.3. The van der Waals surface area contributed by atoms with Crippen molar-refractivity contribution in [3.63, 3.8) is 0 Å². The lowest BCUT2D eigenvalue weighted by molar-refractivity contribution is -0.143. The summed E-state index contributed by atoms with van der Waals surface area (Å²) in [7, 11) is 1.74. The molecular formula is C12H21N3O2. The molecule has 0 radical (unpaired) electrons. The molecule has 1 heterocycles. The number of amides is 2. The van der Waals surface area contributed by atoms with E-state index in [4.69, 9.17) is 0 Å². The first-order valence-electron chi connectivity index (χ1n) is 6.42. The number of nitrogens with one attached hydrogen (secondary N) is 1. The molecule has 2 aliphatic rings. The summed E-state index contributed by atoms with van der Waals surface area (Å²) in [5.41, 5.74) is 0. The minimum Gasteiger partial charge on any atom is -0.339 e. The fourth-order valence-corrected chi connectivity index (χ4v) is 2.26. The number of likely N-dealkylation sites (N-methyl/N-ethyl adjacent to an activating group) is 1. The van der Waals surface area contributed by atoms with Crippen LogP contribution in [-0.4, -0.2) is 61.4 Å². The molecule has 2 amide bonds. The summed E-state index contributed by atoms with van der Waals surface area (Å²) in [5.74, 6) is 0.386. The molecule has 1 aliphatic carbocycles. The fourth-order valence-electron chi connectivity index (χ4n) is 2.26. The Bertz CT molecular complexity index is 296. The van der Waals surface area contributed by atoms with E-state index in [-0.39, 0.29) is 24.3 Å². The average molecular weight is 239 g/mol. The monoisotopic (exact) mass is 239 g/mol. The van der Waals surface area contributed by atoms with Gasteiger partial charge in [0.2, 0.25) is 11.8 Å². The van der Waals surface area contributed by atoms with Crippen LogP contribution in [0, 0.1) is 5.92 Å². The Labute approximate surface area is 102 Å². The first kappa shape index (κ1) is 12.4. The number of rotatable bonds is 3. The molecule has 2 rings (SSSR count). The van der Waals surface area contributed by atoms with Gasteiger partial charge in [-0.2, -0.15) is 0 Å². The predicted octanol–water partition coefficient (Wildman–Crippen LogP) is -0.323. The first-order valence-corrected chi connectivity index (χ1v) is 6.42. The largest absolute Gasteiger partial charge is 0.339 e. The Hall–Kier alpha value is -1.10. The van der Waals surface area contributed by atoms with Crippen molar-refractivity contribution in [1.29, 1.82) is 0 Å². The van der Waals surface area contributed by atoms with E-state index in [2.05, 4.69) is 5.32 Å². The summed E-state index contributed by atoms with van der Waals surface area (Å²) in [6.07, 6.45) is 3.13. The summed E-state index contributed by atoms with van der Waals surface area (Å²) in [6, 6.07) is 0. The van der Waals surface area contributed by atoms with Crippen LogP contribution in [0.5, 0.6) is 0 Å². The van der Waals surface area contributed by atoms with Crippen molar-refractivity contribution in [2.24, 2.45) is 5.92 Å². The molecule has 0 aromatic carbocycles. The van der Waals surface area contributed by atoms with Crippen molar-refractivity contribution in [1.82, 2.24) is 15.1 Å². The van der Waals surface area contributed by atoms with E-state index in [9.17, 15) is 9.59 Å². The number of carbonyl (C=O) groups excluding carboxylic acids is 2. The van der Waals surface area contributed by atoms with Gasteiger partial charge in [-0.05, 0) is 12.8 Å². The van der Waals surface area contributed by atoms with Crippen LogP contribution in [0.4, 0.5) is 0 Å². The smallest absolute Gasteiger partial charge is 0.242 e. The van der Waals surface area contributed by atoms with Crippen molar-refractivity contribution in [3.05, 3.63) is 0 Å². The summed E-state index contributed by atoms with van der Waals surface area (Å²) in [4.78, 5) is 27.3. The molecule has 2 fully saturated rings. The van der Waals surface area contributed by atoms with Gasteiger partial charge in [-0.1, -0.05) is 6.42 Å². The fraction of sp³-hybridized carbons (Fsp3) is 0.833. The lowest BCUT2D eigenvalue weighted by Gasteiger charge is -2.32. The molecule has 1 saturated heterocycles. The highest BCUT2D eigenvalue weighted by atomic mass is 16.2. The third kappa shape index (κ3) is 2.97. The average Bonchev–Trinajstić information content (AvgIpc) is 2.27. The molecule has 17 heavy (non-hydrogen) atoms. The van der Waals surface area contributed by atoms with Crippen LogP contribution in [0.3, 0.4) is 0 Å². The van der Waals surface area contributed by atoms with Crippen LogP contribution in [0.25, 0.3) is 0 Å². The highest BCUT2D eigenvalue weighted by Crippen LogP contribution is 2.27. The topological polar surface area (TPSA) is 52.7 Å². The molecule has 0 unspecified atom stereocenters. The number of hydrogen-bond donors (Lipinski definition) is 1. The van der Waals surface area contributed by atoms with Gasteiger partial charge in [0.25, 0.3) is 0 Å². The molecular weight excluding hydrogens is 218 g/mol. The van der Waals surface area contributed by atoms with Crippen molar-refractivity contribution in [2.75, 3.05) is 39.8 Å². The molecule has 5 nitrogen and oxygen atoms in total. The predicted molar refractivity (Wildman–Crippen MR) is 64.4 cm³/mol. The molecule has 96 valence electrons. The van der Waals surface area contributed by atoms with E-state index >= 15 is 0 Å². The summed E-state index contributed by atoms with van der Waals surface area (Å²) in [5, 5.41) is 3.21. The van der Waals surface area contributed by atoms with E-state index in [1.165, 1.54) is 0 Å². The Kier molecular flexibility index (Phi) is 3.99. The third-order valence-corrected chi connectivity index (χ3v) is 3.67. The van der Waals surface area contributed by atoms with Crippen LogP contribution in [-0.2, 0) is 9.59 Å². The Morgan fingerprint density at radius 1 is 1.29 bits per heavy atom. The molecule has 0 spiro atoms. The maximum absolute atomic E-state index is 11.9. The number of hydrogen-bond acceptors (Lipinski definition) is 3. The standard InChI is InChI=1S/C12H21N3O2/c1-14(12(17)10-3-2-4-10)9-11(16)15-7-5-13-6-8-15/h10,13H,2-9H2,1H3. The van der Waals surface area contributed by atoms with Gasteiger partial charge in [0, 0.05) is 39.1 Å². The molecule has 0 aromatic heterocycles. The van der Waals surface area contributed by atoms with Gasteiger partial charge in [-0.25, -0.2) is 0 Å². The molecule has 1 aliphatic heterocycles. The van der Waals surface area contributed by atoms with Crippen molar-refractivity contribution >= 4 is 11.8 Å². The molecule has 1 saturated carbocycles. The Balaban J connectivity index is 1.78. The lowest BCUT2D eigenvalue weighted by Crippen LogP contribution is -2.50. The Morgan fingerprint density at radius 3 is 2.47 bits per heavy atom. The molecule has 1 N–H and O–H groups in total. The van der Waals surface area contributed by atoms with Crippen molar-refractivity contribution in [3.8, 4) is 0 Å².